The summed E-state index contributed by atoms with van der Waals surface area (Å²) in [4.78, 5) is 4.07. The van der Waals surface area contributed by atoms with Gasteiger partial charge in [-0.25, -0.2) is 15.5 Å². The van der Waals surface area contributed by atoms with E-state index in [1.807, 2.05) is 0 Å². The summed E-state index contributed by atoms with van der Waals surface area (Å²) in [5, 5.41) is 2.20. The van der Waals surface area contributed by atoms with Crippen molar-refractivity contribution in [3.63, 3.8) is 0 Å². The molecule has 0 spiro atoms. The predicted octanol–water partition coefficient (Wildman–Crippen LogP) is 2.85. The Balaban J connectivity index is 1.95. The summed E-state index contributed by atoms with van der Waals surface area (Å²) < 4.78 is 29.9. The Labute approximate surface area is 148 Å². The van der Waals surface area contributed by atoms with Crippen molar-refractivity contribution < 1.29 is 13.5 Å². The predicted molar refractivity (Wildman–Crippen MR) is 90.3 cm³/mol. The molecule has 2 aromatic rings. The zero-order valence-electron chi connectivity index (χ0n) is 13.3. The molecule has 1 aliphatic heterocycles. The summed E-state index contributed by atoms with van der Waals surface area (Å²) in [6.07, 6.45) is 3.83. The minimum absolute atomic E-state index is 0.136. The van der Waals surface area contributed by atoms with Crippen molar-refractivity contribution in [3.05, 3.63) is 59.0 Å². The summed E-state index contributed by atoms with van der Waals surface area (Å²) in [6.45, 7) is -2.96. The maximum atomic E-state index is 12.7. The molecule has 0 saturated carbocycles. The van der Waals surface area contributed by atoms with Gasteiger partial charge in [0, 0.05) is 36.5 Å². The molecule has 0 fully saturated rings. The first kappa shape index (κ1) is 17.4. The molecule has 132 valence electrons. The number of hydrazine groups is 3. The maximum absolute atomic E-state index is 12.7. The quantitative estimate of drug-likeness (QED) is 0.730. The SMILES string of the molecule is CNN1NNC=C1Cc1cnc(OC(F)F)c(-c2cccc(Cl)c2)c1. The van der Waals surface area contributed by atoms with Crippen molar-refractivity contribution in [1.29, 1.82) is 0 Å². The lowest BCUT2D eigenvalue weighted by Gasteiger charge is -2.19. The Morgan fingerprint density at radius 3 is 2.92 bits per heavy atom. The molecule has 0 amide bonds. The monoisotopic (exact) mass is 367 g/mol. The van der Waals surface area contributed by atoms with E-state index in [4.69, 9.17) is 11.6 Å². The summed E-state index contributed by atoms with van der Waals surface area (Å²) >= 11 is 6.02. The van der Waals surface area contributed by atoms with Crippen LogP contribution in [0.3, 0.4) is 0 Å². The highest BCUT2D eigenvalue weighted by Crippen LogP contribution is 2.32. The van der Waals surface area contributed by atoms with Crippen LogP contribution in [0.25, 0.3) is 11.1 Å². The number of ether oxygens (including phenoxy) is 1. The largest absolute Gasteiger partial charge is 0.416 e. The van der Waals surface area contributed by atoms with Gasteiger partial charge in [0.15, 0.2) is 0 Å². The number of alkyl halides is 2. The summed E-state index contributed by atoms with van der Waals surface area (Å²) in [5.74, 6) is -0.136. The third-order valence-electron chi connectivity index (χ3n) is 3.56. The van der Waals surface area contributed by atoms with Gasteiger partial charge in [-0.2, -0.15) is 8.78 Å². The number of aromatic nitrogens is 1. The molecule has 3 rings (SSSR count). The highest BCUT2D eigenvalue weighted by Gasteiger charge is 2.17. The molecule has 0 bridgehead atoms. The van der Waals surface area contributed by atoms with Crippen LogP contribution in [0, 0.1) is 0 Å². The van der Waals surface area contributed by atoms with Gasteiger partial charge in [-0.3, -0.25) is 0 Å². The van der Waals surface area contributed by atoms with E-state index >= 15 is 0 Å². The van der Waals surface area contributed by atoms with E-state index in [1.165, 1.54) is 6.20 Å². The van der Waals surface area contributed by atoms with Gasteiger partial charge < -0.3 is 10.2 Å². The van der Waals surface area contributed by atoms with E-state index in [2.05, 4.69) is 26.1 Å². The van der Waals surface area contributed by atoms with Crippen molar-refractivity contribution in [2.45, 2.75) is 13.0 Å². The summed E-state index contributed by atoms with van der Waals surface area (Å²) in [5.41, 5.74) is 11.6. The second-order valence-electron chi connectivity index (χ2n) is 5.21. The average molecular weight is 368 g/mol. The van der Waals surface area contributed by atoms with Crippen LogP contribution in [-0.2, 0) is 6.42 Å². The molecule has 1 aliphatic rings. The number of rotatable bonds is 6. The molecule has 1 aromatic carbocycles. The fourth-order valence-corrected chi connectivity index (χ4v) is 2.68. The van der Waals surface area contributed by atoms with E-state index in [9.17, 15) is 8.78 Å². The van der Waals surface area contributed by atoms with Gasteiger partial charge in [0.25, 0.3) is 0 Å². The molecule has 1 aromatic heterocycles. The van der Waals surface area contributed by atoms with E-state index in [1.54, 1.807) is 48.7 Å². The van der Waals surface area contributed by atoms with Gasteiger partial charge in [-0.15, -0.1) is 5.53 Å². The third kappa shape index (κ3) is 4.16. The molecule has 0 atom stereocenters. The van der Waals surface area contributed by atoms with E-state index in [0.717, 1.165) is 11.3 Å². The molecule has 0 aliphatic carbocycles. The van der Waals surface area contributed by atoms with Crippen LogP contribution >= 0.6 is 11.6 Å². The second kappa shape index (κ2) is 7.64. The molecule has 9 heteroatoms. The van der Waals surface area contributed by atoms with Gasteiger partial charge in [0.2, 0.25) is 5.88 Å². The first-order valence-corrected chi connectivity index (χ1v) is 7.82. The van der Waals surface area contributed by atoms with Gasteiger partial charge in [-0.05, 0) is 29.3 Å². The van der Waals surface area contributed by atoms with Crippen LogP contribution in [0.2, 0.25) is 5.02 Å². The topological polar surface area (TPSA) is 61.5 Å². The number of nitrogens with zero attached hydrogens (tertiary/aromatic N) is 2. The van der Waals surface area contributed by atoms with Gasteiger partial charge in [0.05, 0.1) is 5.70 Å². The van der Waals surface area contributed by atoms with E-state index in [-0.39, 0.29) is 5.88 Å². The molecule has 3 N–H and O–H groups in total. The molecule has 6 nitrogen and oxygen atoms in total. The number of pyridine rings is 1. The van der Waals surface area contributed by atoms with Crippen LogP contribution in [0.5, 0.6) is 5.88 Å². The Hall–Kier alpha value is -2.42. The van der Waals surface area contributed by atoms with Crippen molar-refractivity contribution in [2.24, 2.45) is 0 Å². The molecule has 0 unspecified atom stereocenters. The maximum Gasteiger partial charge on any atom is 0.388 e. The zero-order valence-corrected chi connectivity index (χ0v) is 14.0. The minimum Gasteiger partial charge on any atom is -0.416 e. The van der Waals surface area contributed by atoms with Crippen LogP contribution in [0.1, 0.15) is 5.56 Å². The lowest BCUT2D eigenvalue weighted by Crippen LogP contribution is -2.45. The zero-order chi connectivity index (χ0) is 17.8. The number of benzene rings is 1. The fourth-order valence-electron chi connectivity index (χ4n) is 2.49. The Morgan fingerprint density at radius 2 is 2.20 bits per heavy atom. The molecule has 2 heterocycles. The Kier molecular flexibility index (Phi) is 5.32. The highest BCUT2D eigenvalue weighted by atomic mass is 35.5. The Bertz CT molecular complexity index is 787. The van der Waals surface area contributed by atoms with E-state index in [0.29, 0.717) is 22.6 Å². The van der Waals surface area contributed by atoms with Crippen LogP contribution in [-0.4, -0.2) is 23.8 Å². The van der Waals surface area contributed by atoms with Gasteiger partial charge in [-0.1, -0.05) is 23.7 Å². The van der Waals surface area contributed by atoms with Crippen molar-refractivity contribution in [3.8, 4) is 17.0 Å². The summed E-state index contributed by atoms with van der Waals surface area (Å²) in [6, 6.07) is 8.67. The van der Waals surface area contributed by atoms with Crippen LogP contribution < -0.4 is 21.1 Å². The number of halogens is 3. The van der Waals surface area contributed by atoms with Crippen molar-refractivity contribution >= 4 is 11.6 Å². The van der Waals surface area contributed by atoms with Crippen LogP contribution in [0.4, 0.5) is 8.78 Å². The third-order valence-corrected chi connectivity index (χ3v) is 3.79. The lowest BCUT2D eigenvalue weighted by molar-refractivity contribution is -0.0524. The standard InChI is InChI=1S/C16H16ClF2N5O/c1-20-24-13(9-22-23-24)5-10-6-14(11-3-2-4-12(17)7-11)15(21-8-10)25-16(18)19/h2-4,6-9,16,20,22-23H,5H2,1H3. The Morgan fingerprint density at radius 1 is 1.36 bits per heavy atom. The average Bonchev–Trinajstić information content (AvgIpc) is 3.03. The first-order valence-electron chi connectivity index (χ1n) is 7.44. The molecular weight excluding hydrogens is 352 g/mol. The van der Waals surface area contributed by atoms with Crippen LogP contribution in [0.15, 0.2) is 48.4 Å². The van der Waals surface area contributed by atoms with Crippen molar-refractivity contribution in [2.75, 3.05) is 7.05 Å². The molecular formula is C16H16ClF2N5O. The normalized spacial score (nSPS) is 13.8. The minimum atomic E-state index is -2.96. The molecule has 0 radical (unpaired) electrons. The smallest absolute Gasteiger partial charge is 0.388 e. The van der Waals surface area contributed by atoms with Gasteiger partial charge >= 0.3 is 6.61 Å². The molecule has 0 saturated heterocycles. The number of hydrogen-bond acceptors (Lipinski definition) is 6. The summed E-state index contributed by atoms with van der Waals surface area (Å²) in [7, 11) is 1.77. The number of allylic oxidation sites excluding steroid dienone is 1. The fraction of sp³-hybridized carbons (Fsp3) is 0.188. The number of nitrogens with one attached hydrogen (secondary N) is 3. The van der Waals surface area contributed by atoms with E-state index < -0.39 is 6.61 Å². The highest BCUT2D eigenvalue weighted by molar-refractivity contribution is 6.30. The lowest BCUT2D eigenvalue weighted by atomic mass is 10.0. The molecule has 25 heavy (non-hydrogen) atoms. The number of hydrogen-bond donors (Lipinski definition) is 3. The van der Waals surface area contributed by atoms with Gasteiger partial charge in [0.1, 0.15) is 0 Å². The first-order chi connectivity index (χ1) is 12.1. The van der Waals surface area contributed by atoms with Crippen molar-refractivity contribution in [1.82, 2.24) is 26.5 Å². The second-order valence-corrected chi connectivity index (χ2v) is 5.65.